The number of carbonyl (C=O) groups excluding carboxylic acids is 2. The Morgan fingerprint density at radius 1 is 1.09 bits per heavy atom. The Hall–Kier alpha value is -3.39. The lowest BCUT2D eigenvalue weighted by Gasteiger charge is -2.11. The second kappa shape index (κ2) is 10.8. The third-order valence-corrected chi connectivity index (χ3v) is 5.87. The molecule has 3 aromatic rings. The zero-order chi connectivity index (χ0) is 23.1. The van der Waals surface area contributed by atoms with Gasteiger partial charge in [-0.1, -0.05) is 48.2 Å². The first kappa shape index (κ1) is 23.3. The second-order valence-corrected chi connectivity index (χ2v) is 8.39. The smallest absolute Gasteiger partial charge is 0.251 e. The number of hydrogen-bond acceptors (Lipinski definition) is 5. The average Bonchev–Trinajstić information content (AvgIpc) is 3.15. The number of amides is 2. The van der Waals surface area contributed by atoms with E-state index in [0.29, 0.717) is 23.1 Å². The molecule has 2 amide bonds. The van der Waals surface area contributed by atoms with E-state index in [-0.39, 0.29) is 24.1 Å². The Morgan fingerprint density at radius 2 is 1.88 bits per heavy atom. The van der Waals surface area contributed by atoms with E-state index in [2.05, 4.69) is 27.4 Å². The summed E-state index contributed by atoms with van der Waals surface area (Å²) in [6, 6.07) is 13.4. The lowest BCUT2D eigenvalue weighted by Crippen LogP contribution is -2.25. The minimum absolute atomic E-state index is 0.119. The maximum atomic E-state index is 12.5. The molecule has 0 fully saturated rings. The van der Waals surface area contributed by atoms with E-state index in [1.54, 1.807) is 12.1 Å². The number of benzene rings is 2. The Morgan fingerprint density at radius 3 is 2.62 bits per heavy atom. The van der Waals surface area contributed by atoms with Gasteiger partial charge in [-0.3, -0.25) is 9.59 Å². The Kier molecular flexibility index (Phi) is 7.83. The fourth-order valence-electron chi connectivity index (χ4n) is 3.14. The molecule has 0 aliphatic rings. The first-order valence-electron chi connectivity index (χ1n) is 10.3. The van der Waals surface area contributed by atoms with E-state index < -0.39 is 0 Å². The van der Waals surface area contributed by atoms with Crippen LogP contribution in [0.5, 0.6) is 0 Å². The van der Waals surface area contributed by atoms with E-state index in [4.69, 9.17) is 0 Å². The van der Waals surface area contributed by atoms with Crippen LogP contribution >= 0.6 is 11.8 Å². The van der Waals surface area contributed by atoms with Crippen molar-refractivity contribution in [2.45, 2.75) is 39.0 Å². The highest BCUT2D eigenvalue weighted by atomic mass is 32.2. The average molecular weight is 450 g/mol. The van der Waals surface area contributed by atoms with Crippen LogP contribution in [0.1, 0.15) is 32.9 Å². The van der Waals surface area contributed by atoms with Gasteiger partial charge >= 0.3 is 0 Å². The summed E-state index contributed by atoms with van der Waals surface area (Å²) in [5, 5.41) is 14.9. The highest BCUT2D eigenvalue weighted by molar-refractivity contribution is 7.99. The summed E-state index contributed by atoms with van der Waals surface area (Å²) in [5.74, 6) is 0.506. The zero-order valence-corrected chi connectivity index (χ0v) is 19.3. The van der Waals surface area contributed by atoms with Crippen molar-refractivity contribution in [3.63, 3.8) is 0 Å². The number of nitrogens with zero attached hydrogens (tertiary/aromatic N) is 3. The minimum atomic E-state index is -0.168. The number of anilines is 1. The summed E-state index contributed by atoms with van der Waals surface area (Å²) < 4.78 is 1.85. The standard InChI is InChI=1S/C24H27N5O2S/c1-5-12-29-21(14-25-23(31)19-9-7-6-8-17(19)3)27-28-24(29)32-15-22(30)26-20-13-16(2)10-11-18(20)4/h5-11,13H,1,12,14-15H2,2-4H3,(H,25,31)(H,26,30). The third kappa shape index (κ3) is 5.85. The van der Waals surface area contributed by atoms with Gasteiger partial charge in [0.15, 0.2) is 11.0 Å². The Balaban J connectivity index is 1.63. The molecule has 1 aromatic heterocycles. The van der Waals surface area contributed by atoms with Crippen LogP contribution in [0.15, 0.2) is 60.3 Å². The highest BCUT2D eigenvalue weighted by Gasteiger charge is 2.16. The summed E-state index contributed by atoms with van der Waals surface area (Å²) in [4.78, 5) is 25.0. The molecule has 0 aliphatic carbocycles. The molecular weight excluding hydrogens is 422 g/mol. The van der Waals surface area contributed by atoms with Crippen LogP contribution in [0.2, 0.25) is 0 Å². The Labute approximate surface area is 192 Å². The van der Waals surface area contributed by atoms with Crippen molar-refractivity contribution < 1.29 is 9.59 Å². The maximum Gasteiger partial charge on any atom is 0.251 e. The van der Waals surface area contributed by atoms with Crippen molar-refractivity contribution in [3.05, 3.63) is 83.2 Å². The molecule has 0 bridgehead atoms. The van der Waals surface area contributed by atoms with Gasteiger partial charge in [0.1, 0.15) is 0 Å². The van der Waals surface area contributed by atoms with Gasteiger partial charge in [-0.2, -0.15) is 0 Å². The van der Waals surface area contributed by atoms with Crippen LogP contribution in [0.4, 0.5) is 5.69 Å². The fourth-order valence-corrected chi connectivity index (χ4v) is 3.90. The van der Waals surface area contributed by atoms with Crippen molar-refractivity contribution in [2.24, 2.45) is 0 Å². The van der Waals surface area contributed by atoms with Crippen molar-refractivity contribution in [2.75, 3.05) is 11.1 Å². The van der Waals surface area contributed by atoms with E-state index in [9.17, 15) is 9.59 Å². The van der Waals surface area contributed by atoms with Crippen LogP contribution < -0.4 is 10.6 Å². The molecule has 0 spiro atoms. The van der Waals surface area contributed by atoms with Gasteiger partial charge in [-0.05, 0) is 49.6 Å². The molecule has 0 unspecified atom stereocenters. The number of aryl methyl sites for hydroxylation is 3. The minimum Gasteiger partial charge on any atom is -0.345 e. The van der Waals surface area contributed by atoms with Gasteiger partial charge in [0, 0.05) is 17.8 Å². The highest BCUT2D eigenvalue weighted by Crippen LogP contribution is 2.20. The summed E-state index contributed by atoms with van der Waals surface area (Å²) in [7, 11) is 0. The number of carbonyl (C=O) groups is 2. The van der Waals surface area contributed by atoms with E-state index in [1.807, 2.05) is 61.7 Å². The van der Waals surface area contributed by atoms with Crippen molar-refractivity contribution in [1.29, 1.82) is 0 Å². The van der Waals surface area contributed by atoms with Gasteiger partial charge in [-0.25, -0.2) is 0 Å². The van der Waals surface area contributed by atoms with Crippen molar-refractivity contribution >= 4 is 29.3 Å². The van der Waals surface area contributed by atoms with E-state index in [1.165, 1.54) is 11.8 Å². The zero-order valence-electron chi connectivity index (χ0n) is 18.5. The third-order valence-electron chi connectivity index (χ3n) is 4.90. The Bertz CT molecular complexity index is 1140. The number of allylic oxidation sites excluding steroid dienone is 1. The quantitative estimate of drug-likeness (QED) is 0.380. The van der Waals surface area contributed by atoms with Gasteiger partial charge in [0.05, 0.1) is 12.3 Å². The van der Waals surface area contributed by atoms with E-state index in [0.717, 1.165) is 22.4 Å². The molecule has 2 N–H and O–H groups in total. The fraction of sp³-hybridized carbons (Fsp3) is 0.250. The molecule has 3 rings (SSSR count). The first-order valence-corrected chi connectivity index (χ1v) is 11.2. The summed E-state index contributed by atoms with van der Waals surface area (Å²) in [6.07, 6.45) is 1.73. The number of aromatic nitrogens is 3. The van der Waals surface area contributed by atoms with Crippen LogP contribution in [0, 0.1) is 20.8 Å². The van der Waals surface area contributed by atoms with Gasteiger partial charge in [-0.15, -0.1) is 16.8 Å². The second-order valence-electron chi connectivity index (χ2n) is 7.45. The molecule has 8 heteroatoms. The largest absolute Gasteiger partial charge is 0.345 e. The van der Waals surface area contributed by atoms with Crippen LogP contribution in [0.25, 0.3) is 0 Å². The molecular formula is C24H27N5O2S. The summed E-state index contributed by atoms with van der Waals surface area (Å²) in [6.45, 7) is 10.3. The SMILES string of the molecule is C=CCn1c(CNC(=O)c2ccccc2C)nnc1SCC(=O)Nc1cc(C)ccc1C. The molecule has 1 heterocycles. The van der Waals surface area contributed by atoms with Crippen LogP contribution in [-0.2, 0) is 17.9 Å². The number of nitrogens with one attached hydrogen (secondary N) is 2. The lowest BCUT2D eigenvalue weighted by atomic mass is 10.1. The molecule has 0 radical (unpaired) electrons. The predicted octanol–water partition coefficient (Wildman–Crippen LogP) is 4.05. The number of thioether (sulfide) groups is 1. The summed E-state index contributed by atoms with van der Waals surface area (Å²) >= 11 is 1.30. The number of rotatable bonds is 9. The van der Waals surface area contributed by atoms with Gasteiger partial charge < -0.3 is 15.2 Å². The molecule has 7 nitrogen and oxygen atoms in total. The van der Waals surface area contributed by atoms with Crippen LogP contribution in [0.3, 0.4) is 0 Å². The molecule has 0 aliphatic heterocycles. The molecule has 0 saturated heterocycles. The monoisotopic (exact) mass is 449 g/mol. The van der Waals surface area contributed by atoms with Crippen LogP contribution in [-0.4, -0.2) is 32.3 Å². The van der Waals surface area contributed by atoms with Crippen molar-refractivity contribution in [3.8, 4) is 0 Å². The van der Waals surface area contributed by atoms with Crippen molar-refractivity contribution in [1.82, 2.24) is 20.1 Å². The topological polar surface area (TPSA) is 88.9 Å². The summed E-state index contributed by atoms with van der Waals surface area (Å²) in [5.41, 5.74) is 4.43. The molecule has 166 valence electrons. The first-order chi connectivity index (χ1) is 15.4. The van der Waals surface area contributed by atoms with E-state index >= 15 is 0 Å². The predicted molar refractivity (Wildman–Crippen MR) is 128 cm³/mol. The number of hydrogen-bond donors (Lipinski definition) is 2. The molecule has 32 heavy (non-hydrogen) atoms. The lowest BCUT2D eigenvalue weighted by molar-refractivity contribution is -0.113. The maximum absolute atomic E-state index is 12.5. The molecule has 2 aromatic carbocycles. The normalized spacial score (nSPS) is 10.6. The molecule has 0 saturated carbocycles. The molecule has 0 atom stereocenters. The van der Waals surface area contributed by atoms with Gasteiger partial charge in [0.2, 0.25) is 5.91 Å². The van der Waals surface area contributed by atoms with Gasteiger partial charge in [0.25, 0.3) is 5.91 Å².